The Balaban J connectivity index is 0.987. The zero-order valence-corrected chi connectivity index (χ0v) is 31.9. The van der Waals surface area contributed by atoms with E-state index in [2.05, 4.69) is 70.5 Å². The zero-order valence-electron chi connectivity index (χ0n) is 31.9. The molecule has 9 N–H and O–H groups in total. The minimum absolute atomic E-state index is 0.0567. The summed E-state index contributed by atoms with van der Waals surface area (Å²) in [5.74, 6) is 17.0. The SMILES string of the molecule is CC1N=C(NC2=NC(/N=C3\N=C(Nc4[nH]c(N)c5ccccc45)c4ccc(C#Cc5ccc(N)cc5)cc43)c3ccccc32)c2ccc(C#Cc3ccc(N)cc3)cc21. The minimum Gasteiger partial charge on any atom is -0.399 e. The van der Waals surface area contributed by atoms with E-state index in [-0.39, 0.29) is 6.04 Å². The van der Waals surface area contributed by atoms with Crippen LogP contribution in [0.5, 0.6) is 0 Å². The molecule has 0 saturated heterocycles. The van der Waals surface area contributed by atoms with Crippen molar-refractivity contribution in [1.29, 1.82) is 0 Å². The van der Waals surface area contributed by atoms with E-state index < -0.39 is 6.17 Å². The molecule has 0 spiro atoms. The van der Waals surface area contributed by atoms with Gasteiger partial charge in [-0.2, -0.15) is 0 Å². The van der Waals surface area contributed by atoms with Gasteiger partial charge >= 0.3 is 0 Å². The fourth-order valence-corrected chi connectivity index (χ4v) is 7.54. The predicted molar refractivity (Wildman–Crippen MR) is 240 cm³/mol. The standard InChI is InChI=1S/C49H36N10/c1-28-41-26-31(12-10-29-14-20-33(50)21-15-29)18-24-39(41)44(53-28)55-46-37-8-4-5-9-38(37)47(57-46)58-49-42-27-32(13-11-30-16-22-34(51)23-17-30)19-25-40(42)48(59-49)56-45-36-7-3-2-6-35(36)43(52)54-45/h2-9,14-28,47,54H,50-52H2,1H3,(H,53,55,57)(H,56,58,59). The van der Waals surface area contributed by atoms with Crippen LogP contribution in [0.15, 0.2) is 153 Å². The lowest BCUT2D eigenvalue weighted by Gasteiger charge is -2.09. The Morgan fingerprint density at radius 2 is 1.12 bits per heavy atom. The molecule has 10 rings (SSSR count). The van der Waals surface area contributed by atoms with Crippen LogP contribution in [-0.2, 0) is 0 Å². The second kappa shape index (κ2) is 14.3. The Kier molecular flexibility index (Phi) is 8.51. The second-order valence-electron chi connectivity index (χ2n) is 14.5. The Morgan fingerprint density at radius 3 is 1.85 bits per heavy atom. The molecule has 0 fully saturated rings. The van der Waals surface area contributed by atoms with Crippen molar-refractivity contribution < 1.29 is 0 Å². The van der Waals surface area contributed by atoms with Crippen molar-refractivity contribution in [3.8, 4) is 23.7 Å². The molecule has 0 radical (unpaired) electrons. The van der Waals surface area contributed by atoms with Crippen LogP contribution in [0.2, 0.25) is 0 Å². The van der Waals surface area contributed by atoms with Gasteiger partial charge in [-0.3, -0.25) is 4.99 Å². The number of hydrogen-bond donors (Lipinski definition) is 6. The van der Waals surface area contributed by atoms with Gasteiger partial charge in [0, 0.05) is 72.2 Å². The van der Waals surface area contributed by atoms with E-state index in [0.717, 1.165) is 78.1 Å². The normalized spacial score (nSPS) is 16.5. The van der Waals surface area contributed by atoms with E-state index in [9.17, 15) is 0 Å². The lowest BCUT2D eigenvalue weighted by atomic mass is 10.0. The van der Waals surface area contributed by atoms with E-state index in [0.29, 0.717) is 34.7 Å². The topological polar surface area (TPSA) is 167 Å². The van der Waals surface area contributed by atoms with Crippen molar-refractivity contribution in [2.45, 2.75) is 19.1 Å². The number of benzene rings is 6. The van der Waals surface area contributed by atoms with Gasteiger partial charge in [-0.15, -0.1) is 0 Å². The highest BCUT2D eigenvalue weighted by Gasteiger charge is 2.31. The first kappa shape index (κ1) is 35.1. The molecule has 3 aliphatic rings. The van der Waals surface area contributed by atoms with Crippen molar-refractivity contribution in [2.24, 2.45) is 20.0 Å². The quantitative estimate of drug-likeness (QED) is 0.0777. The van der Waals surface area contributed by atoms with Crippen LogP contribution >= 0.6 is 0 Å². The molecule has 4 heterocycles. The highest BCUT2D eigenvalue weighted by atomic mass is 15.2. The third-order valence-electron chi connectivity index (χ3n) is 10.6. The van der Waals surface area contributed by atoms with E-state index in [1.54, 1.807) is 0 Å². The van der Waals surface area contributed by atoms with Crippen LogP contribution < -0.4 is 27.8 Å². The summed E-state index contributed by atoms with van der Waals surface area (Å²) < 4.78 is 0. The number of nitrogens with one attached hydrogen (secondary N) is 3. The Labute approximate surface area is 340 Å². The molecule has 0 aliphatic carbocycles. The number of hydrogen-bond acceptors (Lipinski definition) is 8. The molecular weight excluding hydrogens is 729 g/mol. The molecule has 282 valence electrons. The van der Waals surface area contributed by atoms with Crippen LogP contribution in [0, 0.1) is 23.7 Å². The number of rotatable bonds is 2. The number of anilines is 4. The molecule has 10 heteroatoms. The van der Waals surface area contributed by atoms with Crippen molar-refractivity contribution in [2.75, 3.05) is 22.5 Å². The van der Waals surface area contributed by atoms with Crippen LogP contribution in [0.4, 0.5) is 23.0 Å². The fourth-order valence-electron chi connectivity index (χ4n) is 7.54. The summed E-state index contributed by atoms with van der Waals surface area (Å²) >= 11 is 0. The molecule has 10 nitrogen and oxygen atoms in total. The van der Waals surface area contributed by atoms with Gasteiger partial charge in [0.05, 0.1) is 6.04 Å². The predicted octanol–water partition coefficient (Wildman–Crippen LogP) is 7.90. The molecule has 59 heavy (non-hydrogen) atoms. The molecule has 0 amide bonds. The van der Waals surface area contributed by atoms with E-state index in [4.69, 9.17) is 37.2 Å². The maximum atomic E-state index is 6.37. The summed E-state index contributed by atoms with van der Waals surface area (Å²) in [5, 5.41) is 8.99. The number of aliphatic imine (C=N–C) groups is 4. The molecule has 7 aromatic rings. The Bertz CT molecular complexity index is 3110. The van der Waals surface area contributed by atoms with Crippen LogP contribution in [0.3, 0.4) is 0 Å². The highest BCUT2D eigenvalue weighted by molar-refractivity contribution is 6.27. The van der Waals surface area contributed by atoms with Gasteiger partial charge < -0.3 is 32.8 Å². The van der Waals surface area contributed by atoms with Crippen molar-refractivity contribution in [3.63, 3.8) is 0 Å². The van der Waals surface area contributed by atoms with Crippen molar-refractivity contribution in [1.82, 2.24) is 10.3 Å². The summed E-state index contributed by atoms with van der Waals surface area (Å²) in [7, 11) is 0. The van der Waals surface area contributed by atoms with Crippen molar-refractivity contribution in [3.05, 3.63) is 189 Å². The first-order valence-electron chi connectivity index (χ1n) is 19.2. The first-order chi connectivity index (χ1) is 28.8. The minimum atomic E-state index is -0.559. The number of nitrogens with two attached hydrogens (primary N) is 3. The van der Waals surface area contributed by atoms with E-state index in [1.807, 2.05) is 109 Å². The molecule has 0 saturated carbocycles. The summed E-state index contributed by atoms with van der Waals surface area (Å²) in [6.45, 7) is 2.09. The Morgan fingerprint density at radius 1 is 0.542 bits per heavy atom. The third kappa shape index (κ3) is 6.71. The smallest absolute Gasteiger partial charge is 0.170 e. The fraction of sp³-hybridized carbons (Fsp3) is 0.0612. The molecule has 6 aromatic carbocycles. The van der Waals surface area contributed by atoms with Crippen molar-refractivity contribution >= 4 is 57.1 Å². The summed E-state index contributed by atoms with van der Waals surface area (Å²) in [6.07, 6.45) is -0.559. The second-order valence-corrected chi connectivity index (χ2v) is 14.5. The van der Waals surface area contributed by atoms with Gasteiger partial charge in [-0.25, -0.2) is 15.0 Å². The molecular formula is C49H36N10. The number of aromatic amines is 1. The van der Waals surface area contributed by atoms with Gasteiger partial charge in [-0.05, 0) is 97.4 Å². The number of nitrogen functional groups attached to an aromatic ring is 3. The Hall–Kier alpha value is -8.34. The average Bonchev–Trinajstić information content (AvgIpc) is 3.98. The van der Waals surface area contributed by atoms with Crippen LogP contribution in [-0.4, -0.2) is 28.3 Å². The molecule has 3 aliphatic heterocycles. The number of aromatic nitrogens is 1. The largest absolute Gasteiger partial charge is 0.399 e. The number of amidine groups is 4. The summed E-state index contributed by atoms with van der Waals surface area (Å²) in [5.41, 5.74) is 28.8. The summed E-state index contributed by atoms with van der Waals surface area (Å²) in [6, 6.07) is 43.4. The van der Waals surface area contributed by atoms with Crippen LogP contribution in [0.1, 0.15) is 74.8 Å². The third-order valence-corrected chi connectivity index (χ3v) is 10.6. The molecule has 2 atom stereocenters. The number of H-pyrrole nitrogens is 1. The average molecular weight is 765 g/mol. The maximum Gasteiger partial charge on any atom is 0.170 e. The molecule has 2 unspecified atom stereocenters. The van der Waals surface area contributed by atoms with Gasteiger partial charge in [0.1, 0.15) is 29.1 Å². The monoisotopic (exact) mass is 764 g/mol. The van der Waals surface area contributed by atoms with Gasteiger partial charge in [0.15, 0.2) is 12.0 Å². The first-order valence-corrected chi connectivity index (χ1v) is 19.2. The zero-order chi connectivity index (χ0) is 40.0. The highest BCUT2D eigenvalue weighted by Crippen LogP contribution is 2.35. The lowest BCUT2D eigenvalue weighted by Crippen LogP contribution is -2.30. The van der Waals surface area contributed by atoms with Gasteiger partial charge in [0.25, 0.3) is 0 Å². The number of nitrogens with zero attached hydrogens (tertiary/aromatic N) is 4. The summed E-state index contributed by atoms with van der Waals surface area (Å²) in [4.78, 5) is 23.8. The molecule has 0 bridgehead atoms. The lowest BCUT2D eigenvalue weighted by molar-refractivity contribution is 0.795. The maximum absolute atomic E-state index is 6.37. The van der Waals surface area contributed by atoms with E-state index in [1.165, 1.54) is 0 Å². The van der Waals surface area contributed by atoms with Gasteiger partial charge in [0.2, 0.25) is 0 Å². The molecule has 1 aromatic heterocycles. The van der Waals surface area contributed by atoms with Gasteiger partial charge in [-0.1, -0.05) is 72.2 Å². The number of fused-ring (bicyclic) bond motifs is 4. The van der Waals surface area contributed by atoms with Crippen LogP contribution in [0.25, 0.3) is 10.8 Å². The van der Waals surface area contributed by atoms with E-state index >= 15 is 0 Å².